The average molecular weight is 500 g/mol. The summed E-state index contributed by atoms with van der Waals surface area (Å²) in [6.07, 6.45) is 4.87. The lowest BCUT2D eigenvalue weighted by molar-refractivity contribution is 0.0786. The molecule has 0 bridgehead atoms. The fourth-order valence-corrected chi connectivity index (χ4v) is 3.87. The van der Waals surface area contributed by atoms with Crippen LogP contribution in [0, 0.1) is 0 Å². The van der Waals surface area contributed by atoms with Crippen LogP contribution in [0.4, 0.5) is 10.5 Å². The van der Waals surface area contributed by atoms with E-state index in [1.807, 2.05) is 12.3 Å². The summed E-state index contributed by atoms with van der Waals surface area (Å²) in [6, 6.07) is 9.78. The first-order valence-electron chi connectivity index (χ1n) is 11.4. The summed E-state index contributed by atoms with van der Waals surface area (Å²) in [5.74, 6) is 0. The summed E-state index contributed by atoms with van der Waals surface area (Å²) < 4.78 is 19.0. The first-order valence-corrected chi connectivity index (χ1v) is 15.2. The van der Waals surface area contributed by atoms with Gasteiger partial charge in [-0.1, -0.05) is 31.8 Å². The number of hydrogen-bond acceptors (Lipinski definition) is 7. The molecule has 0 aliphatic carbocycles. The predicted molar refractivity (Wildman–Crippen MR) is 136 cm³/mol. The second-order valence-electron chi connectivity index (χ2n) is 9.29. The molecule has 2 aromatic heterocycles. The number of amides is 1. The molecule has 3 aromatic rings. The van der Waals surface area contributed by atoms with E-state index in [1.165, 1.54) is 13.2 Å². The van der Waals surface area contributed by atoms with Crippen molar-refractivity contribution in [1.82, 2.24) is 19.6 Å². The minimum Gasteiger partial charge on any atom is -0.447 e. The van der Waals surface area contributed by atoms with Gasteiger partial charge < -0.3 is 14.2 Å². The maximum absolute atomic E-state index is 12.5. The molecule has 35 heavy (non-hydrogen) atoms. The molecule has 2 heterocycles. The van der Waals surface area contributed by atoms with Crippen LogP contribution in [0.5, 0.6) is 0 Å². The molecule has 1 aromatic carbocycles. The third kappa shape index (κ3) is 8.78. The molecule has 0 aliphatic rings. The summed E-state index contributed by atoms with van der Waals surface area (Å²) in [4.78, 5) is 24.3. The van der Waals surface area contributed by atoms with E-state index >= 15 is 0 Å². The summed E-state index contributed by atoms with van der Waals surface area (Å²) in [7, 11) is 0.399. The van der Waals surface area contributed by atoms with Crippen molar-refractivity contribution < 1.29 is 19.0 Å². The molecule has 0 aliphatic heterocycles. The minimum absolute atomic E-state index is 0.163. The maximum atomic E-state index is 12.5. The van der Waals surface area contributed by atoms with Crippen molar-refractivity contribution in [3.8, 4) is 5.69 Å². The van der Waals surface area contributed by atoms with Crippen LogP contribution >= 0.6 is 0 Å². The topological polar surface area (TPSA) is 110 Å². The number of hydrogen-bond donors (Lipinski definition) is 1. The SMILES string of the molecule is COCCOC(=O)Nc1cccc(Cc2nn(-c3cnn(COCC[Si](C)(C)C)c3)ccc2=O)c1. The van der Waals surface area contributed by atoms with Gasteiger partial charge in [0.2, 0.25) is 5.43 Å². The van der Waals surface area contributed by atoms with Crippen molar-refractivity contribution in [2.45, 2.75) is 38.8 Å². The average Bonchev–Trinajstić information content (AvgIpc) is 3.27. The van der Waals surface area contributed by atoms with Crippen LogP contribution in [-0.2, 0) is 27.4 Å². The predicted octanol–water partition coefficient (Wildman–Crippen LogP) is 3.53. The van der Waals surface area contributed by atoms with Gasteiger partial charge in [-0.3, -0.25) is 10.1 Å². The normalized spacial score (nSPS) is 11.4. The van der Waals surface area contributed by atoms with Gasteiger partial charge in [-0.15, -0.1) is 0 Å². The number of methoxy groups -OCH3 is 1. The van der Waals surface area contributed by atoms with Crippen molar-refractivity contribution in [3.05, 3.63) is 70.4 Å². The smallest absolute Gasteiger partial charge is 0.411 e. The number of anilines is 1. The first kappa shape index (κ1) is 26.3. The highest BCUT2D eigenvalue weighted by molar-refractivity contribution is 6.76. The van der Waals surface area contributed by atoms with E-state index in [2.05, 4.69) is 35.2 Å². The summed E-state index contributed by atoms with van der Waals surface area (Å²) >= 11 is 0. The van der Waals surface area contributed by atoms with E-state index in [0.717, 1.165) is 17.3 Å². The highest BCUT2D eigenvalue weighted by Crippen LogP contribution is 2.14. The Morgan fingerprint density at radius 2 is 1.97 bits per heavy atom. The number of benzene rings is 1. The lowest BCUT2D eigenvalue weighted by Crippen LogP contribution is -2.22. The van der Waals surface area contributed by atoms with Crippen LogP contribution in [0.15, 0.2) is 53.7 Å². The Morgan fingerprint density at radius 1 is 1.14 bits per heavy atom. The van der Waals surface area contributed by atoms with Crippen molar-refractivity contribution in [1.29, 1.82) is 0 Å². The van der Waals surface area contributed by atoms with Crippen LogP contribution in [0.2, 0.25) is 25.7 Å². The third-order valence-corrected chi connectivity index (χ3v) is 6.75. The molecule has 10 nitrogen and oxygen atoms in total. The molecule has 0 radical (unpaired) electrons. The summed E-state index contributed by atoms with van der Waals surface area (Å²) in [6.45, 7) is 8.50. The van der Waals surface area contributed by atoms with Gasteiger partial charge in [0.15, 0.2) is 0 Å². The quantitative estimate of drug-likeness (QED) is 0.300. The lowest BCUT2D eigenvalue weighted by atomic mass is 10.1. The first-order chi connectivity index (χ1) is 16.7. The monoisotopic (exact) mass is 499 g/mol. The Balaban J connectivity index is 1.64. The number of carbonyl (C=O) groups is 1. The molecule has 0 saturated carbocycles. The second kappa shape index (κ2) is 12.4. The standard InChI is InChI=1S/C24H33N5O5Si/c1-32-10-11-34-24(31)26-20-7-5-6-19(14-20)15-22-23(30)8-9-29(27-22)21-16-25-28(17-21)18-33-12-13-35(2,3)4/h5-9,14,16-17H,10-13,15,18H2,1-4H3,(H,26,31). The number of ether oxygens (including phenoxy) is 3. The second-order valence-corrected chi connectivity index (χ2v) is 14.9. The largest absolute Gasteiger partial charge is 0.447 e. The van der Waals surface area contributed by atoms with Crippen LogP contribution in [0.1, 0.15) is 11.3 Å². The number of rotatable bonds is 12. The van der Waals surface area contributed by atoms with Gasteiger partial charge in [-0.25, -0.2) is 14.2 Å². The van der Waals surface area contributed by atoms with Crippen molar-refractivity contribution in [2.24, 2.45) is 0 Å². The molecule has 0 spiro atoms. The van der Waals surface area contributed by atoms with Crippen molar-refractivity contribution >= 4 is 19.9 Å². The van der Waals surface area contributed by atoms with Crippen LogP contribution < -0.4 is 10.7 Å². The highest BCUT2D eigenvalue weighted by Gasteiger charge is 2.12. The van der Waals surface area contributed by atoms with E-state index < -0.39 is 14.2 Å². The van der Waals surface area contributed by atoms with Gasteiger partial charge in [-0.2, -0.15) is 10.2 Å². The van der Waals surface area contributed by atoms with Gasteiger partial charge in [0.25, 0.3) is 0 Å². The van der Waals surface area contributed by atoms with E-state index in [0.29, 0.717) is 37.7 Å². The molecule has 0 unspecified atom stereocenters. The summed E-state index contributed by atoms with van der Waals surface area (Å²) in [5.41, 5.74) is 2.34. The van der Waals surface area contributed by atoms with Crippen molar-refractivity contribution in [2.75, 3.05) is 32.2 Å². The fraction of sp³-hybridized carbons (Fsp3) is 0.417. The van der Waals surface area contributed by atoms with Gasteiger partial charge in [0, 0.05) is 46.2 Å². The fourth-order valence-electron chi connectivity index (χ4n) is 3.12. The highest BCUT2D eigenvalue weighted by atomic mass is 28.3. The zero-order chi connectivity index (χ0) is 25.3. The molecular formula is C24H33N5O5Si. The Morgan fingerprint density at radius 3 is 2.74 bits per heavy atom. The Hall–Kier alpha value is -3.28. The van der Waals surface area contributed by atoms with E-state index in [-0.39, 0.29) is 12.0 Å². The molecular weight excluding hydrogens is 466 g/mol. The maximum Gasteiger partial charge on any atom is 0.411 e. The van der Waals surface area contributed by atoms with Crippen LogP contribution in [-0.4, -0.2) is 60.7 Å². The van der Waals surface area contributed by atoms with Gasteiger partial charge in [-0.05, 0) is 23.7 Å². The zero-order valence-corrected chi connectivity index (χ0v) is 21.7. The molecule has 1 N–H and O–H groups in total. The van der Waals surface area contributed by atoms with Gasteiger partial charge in [0.1, 0.15) is 24.7 Å². The van der Waals surface area contributed by atoms with Crippen LogP contribution in [0.25, 0.3) is 5.69 Å². The Kier molecular flexibility index (Phi) is 9.35. The van der Waals surface area contributed by atoms with E-state index in [4.69, 9.17) is 14.2 Å². The molecule has 3 rings (SSSR count). The lowest BCUT2D eigenvalue weighted by Gasteiger charge is -2.15. The van der Waals surface area contributed by atoms with Crippen LogP contribution in [0.3, 0.4) is 0 Å². The number of aromatic nitrogens is 4. The summed E-state index contributed by atoms with van der Waals surface area (Å²) in [5, 5.41) is 11.5. The molecule has 11 heteroatoms. The Bertz CT molecular complexity index is 1170. The number of nitrogens with zero attached hydrogens (tertiary/aromatic N) is 4. The van der Waals surface area contributed by atoms with E-state index in [1.54, 1.807) is 40.0 Å². The Labute approximate surface area is 205 Å². The number of nitrogens with one attached hydrogen (secondary N) is 1. The van der Waals surface area contributed by atoms with E-state index in [9.17, 15) is 9.59 Å². The molecule has 188 valence electrons. The number of carbonyl (C=O) groups excluding carboxylic acids is 1. The van der Waals surface area contributed by atoms with Gasteiger partial charge in [0.05, 0.1) is 19.0 Å². The van der Waals surface area contributed by atoms with Crippen molar-refractivity contribution in [3.63, 3.8) is 0 Å². The third-order valence-electron chi connectivity index (χ3n) is 5.05. The minimum atomic E-state index is -1.14. The molecule has 0 atom stereocenters. The zero-order valence-electron chi connectivity index (χ0n) is 20.7. The molecule has 0 fully saturated rings. The molecule has 0 saturated heterocycles. The molecule has 1 amide bonds. The van der Waals surface area contributed by atoms with Gasteiger partial charge >= 0.3 is 6.09 Å².